The Balaban J connectivity index is 1.93. The first-order chi connectivity index (χ1) is 8.29. The van der Waals surface area contributed by atoms with Crippen molar-refractivity contribution in [3.63, 3.8) is 0 Å². The van der Waals surface area contributed by atoms with Gasteiger partial charge in [-0.1, -0.05) is 0 Å². The van der Waals surface area contributed by atoms with Crippen molar-refractivity contribution >= 4 is 17.3 Å². The van der Waals surface area contributed by atoms with Crippen LogP contribution in [0.1, 0.15) is 10.6 Å². The summed E-state index contributed by atoms with van der Waals surface area (Å²) in [6.45, 7) is 0. The molecule has 1 heterocycles. The molecule has 0 radical (unpaired) electrons. The number of furan rings is 1. The van der Waals surface area contributed by atoms with Gasteiger partial charge in [-0.3, -0.25) is 0 Å². The van der Waals surface area contributed by atoms with Gasteiger partial charge in [-0.05, 0) is 41.6 Å². The molecule has 0 aliphatic rings. The quantitative estimate of drug-likeness (QED) is 0.647. The molecule has 6 nitrogen and oxygen atoms in total. The van der Waals surface area contributed by atoms with Crippen LogP contribution in [-0.2, 0) is 4.84 Å². The predicted molar refractivity (Wildman–Crippen MR) is 59.6 cm³/mol. The summed E-state index contributed by atoms with van der Waals surface area (Å²) in [5.74, 6) is -0.531. The van der Waals surface area contributed by atoms with E-state index in [-0.39, 0.29) is 5.76 Å². The average molecular weight is 232 g/mol. The van der Waals surface area contributed by atoms with Gasteiger partial charge < -0.3 is 9.25 Å². The number of hydrogen-bond donors (Lipinski definition) is 1. The molecular weight excluding hydrogens is 224 g/mol. The molecule has 0 atom stereocenters. The Morgan fingerprint density at radius 3 is 2.59 bits per heavy atom. The Labute approximate surface area is 96.1 Å². The monoisotopic (exact) mass is 232 g/mol. The molecule has 0 saturated heterocycles. The van der Waals surface area contributed by atoms with E-state index in [1.807, 2.05) is 0 Å². The van der Waals surface area contributed by atoms with Crippen LogP contribution in [0.5, 0.6) is 0 Å². The van der Waals surface area contributed by atoms with E-state index in [0.717, 1.165) is 0 Å². The standard InChI is InChI=1S/C11H8N2O4/c14-11(10-2-1-7-16-10)17-13-9-5-3-8(12-15)4-6-9/h1-7,13H. The van der Waals surface area contributed by atoms with E-state index >= 15 is 0 Å². The fourth-order valence-electron chi connectivity index (χ4n) is 1.14. The zero-order valence-corrected chi connectivity index (χ0v) is 8.62. The van der Waals surface area contributed by atoms with Crippen molar-refractivity contribution < 1.29 is 14.0 Å². The first-order valence-electron chi connectivity index (χ1n) is 4.74. The van der Waals surface area contributed by atoms with Gasteiger partial charge in [-0.15, -0.1) is 4.91 Å². The number of carbonyl (C=O) groups excluding carboxylic acids is 1. The fourth-order valence-corrected chi connectivity index (χ4v) is 1.14. The second-order valence-corrected chi connectivity index (χ2v) is 3.11. The van der Waals surface area contributed by atoms with Crippen molar-refractivity contribution in [1.29, 1.82) is 0 Å². The highest BCUT2D eigenvalue weighted by atomic mass is 16.7. The summed E-state index contributed by atoms with van der Waals surface area (Å²) < 4.78 is 4.85. The van der Waals surface area contributed by atoms with E-state index in [2.05, 4.69) is 10.7 Å². The SMILES string of the molecule is O=Nc1ccc(NOC(=O)c2ccco2)cc1. The van der Waals surface area contributed by atoms with Crippen LogP contribution in [0, 0.1) is 4.91 Å². The number of nitrogens with one attached hydrogen (secondary N) is 1. The van der Waals surface area contributed by atoms with Gasteiger partial charge in [0.2, 0.25) is 5.76 Å². The maximum Gasteiger partial charge on any atom is 0.398 e. The summed E-state index contributed by atoms with van der Waals surface area (Å²) in [5, 5.41) is 2.75. The minimum Gasteiger partial charge on any atom is -0.457 e. The second-order valence-electron chi connectivity index (χ2n) is 3.11. The van der Waals surface area contributed by atoms with Gasteiger partial charge in [0.25, 0.3) is 0 Å². The number of benzene rings is 1. The molecule has 0 fully saturated rings. The van der Waals surface area contributed by atoms with Crippen LogP contribution in [0.2, 0.25) is 0 Å². The smallest absolute Gasteiger partial charge is 0.398 e. The topological polar surface area (TPSA) is 80.9 Å². The van der Waals surface area contributed by atoms with Gasteiger partial charge >= 0.3 is 5.97 Å². The van der Waals surface area contributed by atoms with Crippen LogP contribution in [-0.4, -0.2) is 5.97 Å². The van der Waals surface area contributed by atoms with E-state index in [0.29, 0.717) is 11.4 Å². The lowest BCUT2D eigenvalue weighted by Crippen LogP contribution is -2.09. The van der Waals surface area contributed by atoms with Crippen LogP contribution in [0.25, 0.3) is 0 Å². The van der Waals surface area contributed by atoms with E-state index in [1.165, 1.54) is 24.5 Å². The molecule has 2 aromatic rings. The number of nitroso groups, excluding NO2 is 1. The number of carbonyl (C=O) groups is 1. The van der Waals surface area contributed by atoms with Crippen molar-refractivity contribution in [2.24, 2.45) is 5.18 Å². The first-order valence-corrected chi connectivity index (χ1v) is 4.74. The summed E-state index contributed by atoms with van der Waals surface area (Å²) in [6.07, 6.45) is 1.38. The minimum atomic E-state index is -0.632. The summed E-state index contributed by atoms with van der Waals surface area (Å²) in [7, 11) is 0. The molecule has 0 bridgehead atoms. The van der Waals surface area contributed by atoms with Crippen molar-refractivity contribution in [2.45, 2.75) is 0 Å². The summed E-state index contributed by atoms with van der Waals surface area (Å²) in [5.41, 5.74) is 3.26. The molecule has 0 amide bonds. The van der Waals surface area contributed by atoms with Crippen LogP contribution in [0.4, 0.5) is 11.4 Å². The third-order valence-electron chi connectivity index (χ3n) is 1.96. The second kappa shape index (κ2) is 4.93. The van der Waals surface area contributed by atoms with Gasteiger partial charge in [-0.2, -0.15) is 0 Å². The Kier molecular flexibility index (Phi) is 3.15. The van der Waals surface area contributed by atoms with Crippen LogP contribution in [0.15, 0.2) is 52.3 Å². The van der Waals surface area contributed by atoms with E-state index in [4.69, 9.17) is 9.25 Å². The molecule has 1 N–H and O–H groups in total. The molecule has 17 heavy (non-hydrogen) atoms. The fraction of sp³-hybridized carbons (Fsp3) is 0. The molecule has 1 aromatic carbocycles. The summed E-state index contributed by atoms with van der Waals surface area (Å²) >= 11 is 0. The molecule has 0 aliphatic carbocycles. The molecule has 0 unspecified atom stereocenters. The van der Waals surface area contributed by atoms with Crippen molar-refractivity contribution in [3.05, 3.63) is 53.3 Å². The van der Waals surface area contributed by atoms with Crippen molar-refractivity contribution in [3.8, 4) is 0 Å². The minimum absolute atomic E-state index is 0.101. The number of hydrogen-bond acceptors (Lipinski definition) is 6. The number of anilines is 1. The van der Waals surface area contributed by atoms with Gasteiger partial charge in [0, 0.05) is 0 Å². The molecule has 0 aliphatic heterocycles. The molecule has 6 heteroatoms. The van der Waals surface area contributed by atoms with E-state index < -0.39 is 5.97 Å². The van der Waals surface area contributed by atoms with Gasteiger partial charge in [0.15, 0.2) is 0 Å². The van der Waals surface area contributed by atoms with E-state index in [1.54, 1.807) is 18.2 Å². The average Bonchev–Trinajstić information content (AvgIpc) is 2.90. The highest BCUT2D eigenvalue weighted by molar-refractivity contribution is 5.86. The third kappa shape index (κ3) is 2.69. The Hall–Kier alpha value is -2.63. The number of rotatable bonds is 4. The Morgan fingerprint density at radius 1 is 1.24 bits per heavy atom. The summed E-state index contributed by atoms with van der Waals surface area (Å²) in [6, 6.07) is 9.19. The van der Waals surface area contributed by atoms with E-state index in [9.17, 15) is 9.70 Å². The van der Waals surface area contributed by atoms with Gasteiger partial charge in [0.1, 0.15) is 5.69 Å². The molecule has 2 rings (SSSR count). The zero-order chi connectivity index (χ0) is 12.1. The Morgan fingerprint density at radius 2 is 2.00 bits per heavy atom. The lowest BCUT2D eigenvalue weighted by atomic mass is 10.3. The largest absolute Gasteiger partial charge is 0.457 e. The highest BCUT2D eigenvalue weighted by Crippen LogP contribution is 2.16. The molecular formula is C11H8N2O4. The van der Waals surface area contributed by atoms with Gasteiger partial charge in [0.05, 0.1) is 12.0 Å². The van der Waals surface area contributed by atoms with Gasteiger partial charge in [-0.25, -0.2) is 10.3 Å². The summed E-state index contributed by atoms with van der Waals surface area (Å²) in [4.78, 5) is 26.3. The molecule has 86 valence electrons. The third-order valence-corrected chi connectivity index (χ3v) is 1.96. The normalized spacial score (nSPS) is 9.65. The van der Waals surface area contributed by atoms with Crippen LogP contribution < -0.4 is 5.48 Å². The van der Waals surface area contributed by atoms with Crippen molar-refractivity contribution in [2.75, 3.05) is 5.48 Å². The zero-order valence-electron chi connectivity index (χ0n) is 8.62. The highest BCUT2D eigenvalue weighted by Gasteiger charge is 2.09. The van der Waals surface area contributed by atoms with Crippen LogP contribution >= 0.6 is 0 Å². The maximum atomic E-state index is 11.4. The molecule has 0 saturated carbocycles. The van der Waals surface area contributed by atoms with Crippen LogP contribution in [0.3, 0.4) is 0 Å². The Bertz CT molecular complexity index is 505. The lowest BCUT2D eigenvalue weighted by molar-refractivity contribution is 0.0561. The predicted octanol–water partition coefficient (Wildman–Crippen LogP) is 2.86. The van der Waals surface area contributed by atoms with Crippen molar-refractivity contribution in [1.82, 2.24) is 0 Å². The molecule has 0 spiro atoms. The molecule has 1 aromatic heterocycles. The number of nitrogens with zero attached hydrogens (tertiary/aromatic N) is 1. The maximum absolute atomic E-state index is 11.4. The lowest BCUT2D eigenvalue weighted by Gasteiger charge is -2.04. The first kappa shape index (κ1) is 10.9.